The molecule has 0 heteroatoms. The van der Waals surface area contributed by atoms with Crippen LogP contribution in [0, 0.1) is 17.3 Å². The van der Waals surface area contributed by atoms with Crippen molar-refractivity contribution in [2.45, 2.75) is 40.5 Å². The molecular weight excluding hydrogens is 180 g/mol. The molecule has 2 rings (SSSR count). The Hall–Kier alpha value is -0.780. The van der Waals surface area contributed by atoms with E-state index in [1.165, 1.54) is 6.42 Å². The number of allylic oxidation sites excluding steroid dienone is 6. The Labute approximate surface area is 93.8 Å². The Morgan fingerprint density at radius 2 is 1.67 bits per heavy atom. The largest absolute Gasteiger partial charge is 0.0798 e. The van der Waals surface area contributed by atoms with E-state index in [4.69, 9.17) is 0 Å². The first-order chi connectivity index (χ1) is 7.06. The first kappa shape index (κ1) is 10.7. The molecule has 0 atom stereocenters. The molecule has 0 nitrogen and oxygen atoms in total. The molecule has 0 bridgehead atoms. The lowest BCUT2D eigenvalue weighted by atomic mass is 9.63. The Kier molecular flexibility index (Phi) is 2.62. The van der Waals surface area contributed by atoms with Gasteiger partial charge in [0.15, 0.2) is 0 Å². The SMILES string of the molecule is CC(C)C1(C(C)C)C=CC2=C(C=CC2)C1. The summed E-state index contributed by atoms with van der Waals surface area (Å²) in [7, 11) is 0. The number of hydrogen-bond donors (Lipinski definition) is 0. The standard InChI is InChI=1S/C15H22/c1-11(2)15(12(3)4)9-8-13-6-5-7-14(13)10-15/h5,7-9,11-12H,6,10H2,1-4H3. The minimum absolute atomic E-state index is 0.382. The van der Waals surface area contributed by atoms with Gasteiger partial charge in [-0.1, -0.05) is 52.0 Å². The molecule has 2 aliphatic rings. The highest BCUT2D eigenvalue weighted by Gasteiger charge is 2.37. The second-order valence-corrected chi connectivity index (χ2v) is 5.59. The van der Waals surface area contributed by atoms with Crippen molar-refractivity contribution in [3.8, 4) is 0 Å². The summed E-state index contributed by atoms with van der Waals surface area (Å²) in [5, 5.41) is 0. The molecule has 0 N–H and O–H groups in total. The lowest BCUT2D eigenvalue weighted by Crippen LogP contribution is -2.32. The first-order valence-corrected chi connectivity index (χ1v) is 6.14. The van der Waals surface area contributed by atoms with Gasteiger partial charge in [0.05, 0.1) is 0 Å². The maximum Gasteiger partial charge on any atom is -0.00286 e. The van der Waals surface area contributed by atoms with Crippen molar-refractivity contribution in [1.29, 1.82) is 0 Å². The molecular formula is C15H22. The van der Waals surface area contributed by atoms with Crippen LogP contribution >= 0.6 is 0 Å². The number of hydrogen-bond acceptors (Lipinski definition) is 0. The molecule has 0 heterocycles. The lowest BCUT2D eigenvalue weighted by molar-refractivity contribution is 0.177. The minimum atomic E-state index is 0.382. The van der Waals surface area contributed by atoms with Crippen LogP contribution in [0.3, 0.4) is 0 Å². The highest BCUT2D eigenvalue weighted by molar-refractivity contribution is 5.45. The predicted octanol–water partition coefficient (Wildman–Crippen LogP) is 4.50. The van der Waals surface area contributed by atoms with Crippen molar-refractivity contribution < 1.29 is 0 Å². The van der Waals surface area contributed by atoms with Gasteiger partial charge in [-0.25, -0.2) is 0 Å². The molecule has 0 aromatic rings. The van der Waals surface area contributed by atoms with Crippen LogP contribution in [0.2, 0.25) is 0 Å². The Morgan fingerprint density at radius 3 is 2.27 bits per heavy atom. The maximum atomic E-state index is 2.48. The van der Waals surface area contributed by atoms with Crippen LogP contribution in [-0.4, -0.2) is 0 Å². The normalized spacial score (nSPS) is 23.1. The summed E-state index contributed by atoms with van der Waals surface area (Å²) in [5.41, 5.74) is 3.51. The summed E-state index contributed by atoms with van der Waals surface area (Å²) in [6.07, 6.45) is 11.9. The molecule has 0 saturated carbocycles. The fraction of sp³-hybridized carbons (Fsp3) is 0.600. The van der Waals surface area contributed by atoms with Gasteiger partial charge in [0, 0.05) is 0 Å². The highest BCUT2D eigenvalue weighted by atomic mass is 14.4. The predicted molar refractivity (Wildman–Crippen MR) is 66.6 cm³/mol. The fourth-order valence-electron chi connectivity index (χ4n) is 3.02. The monoisotopic (exact) mass is 202 g/mol. The molecule has 2 aliphatic carbocycles. The van der Waals surface area contributed by atoms with Crippen molar-refractivity contribution in [3.63, 3.8) is 0 Å². The smallest absolute Gasteiger partial charge is 0.00286 e. The van der Waals surface area contributed by atoms with Crippen LogP contribution in [-0.2, 0) is 0 Å². The van der Waals surface area contributed by atoms with Crippen molar-refractivity contribution in [2.75, 3.05) is 0 Å². The third-order valence-electron chi connectivity index (χ3n) is 4.31. The second-order valence-electron chi connectivity index (χ2n) is 5.59. The molecule has 0 saturated heterocycles. The molecule has 0 aromatic carbocycles. The van der Waals surface area contributed by atoms with Crippen LogP contribution in [0.1, 0.15) is 40.5 Å². The zero-order valence-electron chi connectivity index (χ0n) is 10.4. The van der Waals surface area contributed by atoms with E-state index in [9.17, 15) is 0 Å². The minimum Gasteiger partial charge on any atom is -0.0798 e. The zero-order chi connectivity index (χ0) is 11.1. The Balaban J connectivity index is 2.32. The summed E-state index contributed by atoms with van der Waals surface area (Å²) in [6.45, 7) is 9.42. The molecule has 0 aliphatic heterocycles. The van der Waals surface area contributed by atoms with Crippen molar-refractivity contribution in [3.05, 3.63) is 35.5 Å². The van der Waals surface area contributed by atoms with E-state index in [2.05, 4.69) is 52.0 Å². The molecule has 0 fully saturated rings. The molecule has 15 heavy (non-hydrogen) atoms. The van der Waals surface area contributed by atoms with Gasteiger partial charge in [-0.2, -0.15) is 0 Å². The van der Waals surface area contributed by atoms with E-state index in [0.717, 1.165) is 18.3 Å². The first-order valence-electron chi connectivity index (χ1n) is 6.14. The topological polar surface area (TPSA) is 0 Å². The van der Waals surface area contributed by atoms with Gasteiger partial charge in [-0.15, -0.1) is 0 Å². The molecule has 0 unspecified atom stereocenters. The molecule has 82 valence electrons. The van der Waals surface area contributed by atoms with Crippen molar-refractivity contribution in [1.82, 2.24) is 0 Å². The summed E-state index contributed by atoms with van der Waals surface area (Å²) in [6, 6.07) is 0. The van der Waals surface area contributed by atoms with Crippen LogP contribution in [0.25, 0.3) is 0 Å². The summed E-state index contributed by atoms with van der Waals surface area (Å²) in [4.78, 5) is 0. The average Bonchev–Trinajstić information content (AvgIpc) is 2.62. The lowest BCUT2D eigenvalue weighted by Gasteiger charge is -2.41. The van der Waals surface area contributed by atoms with Gasteiger partial charge in [-0.3, -0.25) is 0 Å². The summed E-state index contributed by atoms with van der Waals surface area (Å²) in [5.74, 6) is 1.44. The highest BCUT2D eigenvalue weighted by Crippen LogP contribution is 2.48. The van der Waals surface area contributed by atoms with Crippen LogP contribution < -0.4 is 0 Å². The zero-order valence-corrected chi connectivity index (χ0v) is 10.4. The van der Waals surface area contributed by atoms with Gasteiger partial charge in [0.2, 0.25) is 0 Å². The summed E-state index contributed by atoms with van der Waals surface area (Å²) >= 11 is 0. The molecule has 0 radical (unpaired) electrons. The third-order valence-corrected chi connectivity index (χ3v) is 4.31. The van der Waals surface area contributed by atoms with Crippen LogP contribution in [0.5, 0.6) is 0 Å². The molecule has 0 aromatic heterocycles. The van der Waals surface area contributed by atoms with Gasteiger partial charge in [0.25, 0.3) is 0 Å². The van der Waals surface area contributed by atoms with Crippen LogP contribution in [0.4, 0.5) is 0 Å². The van der Waals surface area contributed by atoms with Gasteiger partial charge in [0.1, 0.15) is 0 Å². The van der Waals surface area contributed by atoms with Crippen LogP contribution in [0.15, 0.2) is 35.5 Å². The Bertz CT molecular complexity index is 329. The van der Waals surface area contributed by atoms with Gasteiger partial charge >= 0.3 is 0 Å². The quantitative estimate of drug-likeness (QED) is 0.618. The van der Waals surface area contributed by atoms with E-state index >= 15 is 0 Å². The Morgan fingerprint density at radius 1 is 1.00 bits per heavy atom. The maximum absolute atomic E-state index is 2.48. The van der Waals surface area contributed by atoms with E-state index in [0.29, 0.717) is 5.41 Å². The molecule has 0 amide bonds. The summed E-state index contributed by atoms with van der Waals surface area (Å²) < 4.78 is 0. The third kappa shape index (κ3) is 1.60. The van der Waals surface area contributed by atoms with Gasteiger partial charge in [-0.05, 0) is 41.2 Å². The van der Waals surface area contributed by atoms with E-state index in [1.54, 1.807) is 11.1 Å². The fourth-order valence-corrected chi connectivity index (χ4v) is 3.02. The average molecular weight is 202 g/mol. The van der Waals surface area contributed by atoms with Gasteiger partial charge < -0.3 is 0 Å². The van der Waals surface area contributed by atoms with E-state index in [1.807, 2.05) is 0 Å². The number of rotatable bonds is 2. The van der Waals surface area contributed by atoms with E-state index in [-0.39, 0.29) is 0 Å². The van der Waals surface area contributed by atoms with Crippen molar-refractivity contribution >= 4 is 0 Å². The molecule has 0 spiro atoms. The second kappa shape index (κ2) is 3.66. The van der Waals surface area contributed by atoms with Crippen molar-refractivity contribution in [2.24, 2.45) is 17.3 Å². The van der Waals surface area contributed by atoms with E-state index < -0.39 is 0 Å².